The summed E-state index contributed by atoms with van der Waals surface area (Å²) in [6, 6.07) is 0.628. The fourth-order valence-electron chi connectivity index (χ4n) is 5.40. The van der Waals surface area contributed by atoms with Crippen LogP contribution in [-0.2, 0) is 6.54 Å². The van der Waals surface area contributed by atoms with Crippen molar-refractivity contribution in [2.24, 2.45) is 23.7 Å². The summed E-state index contributed by atoms with van der Waals surface area (Å²) in [6.07, 6.45) is 7.22. The Morgan fingerprint density at radius 3 is 2.20 bits per heavy atom. The molecule has 4 aliphatic carbocycles. The van der Waals surface area contributed by atoms with E-state index >= 15 is 0 Å². The Bertz CT molecular complexity index is 466. The Hall–Kier alpha value is -1.10. The second kappa shape index (κ2) is 4.72. The molecule has 5 rings (SSSR count). The molecule has 4 bridgehead atoms. The zero-order valence-corrected chi connectivity index (χ0v) is 12.5. The summed E-state index contributed by atoms with van der Waals surface area (Å²) in [5.41, 5.74) is 0. The molecular formula is C15H25N5. The molecule has 4 saturated carbocycles. The standard InChI is InChI=1S/C15H25N5/c1-16-8-13-18-19-15(17-2)20(13)14-11-4-9-3-10(6-11)7-12(14)5-9/h9-12,14,16H,3-8H2,1-2H3,(H,17,19). The molecule has 0 aromatic carbocycles. The van der Waals surface area contributed by atoms with E-state index in [9.17, 15) is 0 Å². The van der Waals surface area contributed by atoms with Crippen molar-refractivity contribution in [1.29, 1.82) is 0 Å². The molecule has 20 heavy (non-hydrogen) atoms. The van der Waals surface area contributed by atoms with Crippen LogP contribution in [0.5, 0.6) is 0 Å². The van der Waals surface area contributed by atoms with E-state index in [1.54, 1.807) is 0 Å². The van der Waals surface area contributed by atoms with E-state index in [0.29, 0.717) is 6.04 Å². The highest BCUT2D eigenvalue weighted by molar-refractivity contribution is 5.27. The lowest BCUT2D eigenvalue weighted by Gasteiger charge is -2.54. The van der Waals surface area contributed by atoms with E-state index in [0.717, 1.165) is 42.0 Å². The lowest BCUT2D eigenvalue weighted by Crippen LogP contribution is -2.46. The number of nitrogens with one attached hydrogen (secondary N) is 2. The average molecular weight is 275 g/mol. The third-order valence-electron chi connectivity index (χ3n) is 5.80. The third-order valence-corrected chi connectivity index (χ3v) is 5.80. The van der Waals surface area contributed by atoms with Gasteiger partial charge in [0.15, 0.2) is 0 Å². The van der Waals surface area contributed by atoms with Gasteiger partial charge in [0, 0.05) is 13.1 Å². The molecule has 5 heteroatoms. The monoisotopic (exact) mass is 275 g/mol. The maximum atomic E-state index is 4.40. The summed E-state index contributed by atoms with van der Waals surface area (Å²) < 4.78 is 2.42. The second-order valence-electron chi connectivity index (χ2n) is 7.01. The molecule has 0 aliphatic heterocycles. The maximum Gasteiger partial charge on any atom is 0.224 e. The first-order chi connectivity index (χ1) is 9.80. The van der Waals surface area contributed by atoms with Crippen molar-refractivity contribution in [2.45, 2.75) is 44.7 Å². The molecule has 0 atom stereocenters. The molecule has 0 amide bonds. The van der Waals surface area contributed by atoms with Crippen LogP contribution in [0.25, 0.3) is 0 Å². The molecule has 0 unspecified atom stereocenters. The van der Waals surface area contributed by atoms with E-state index in [1.807, 2.05) is 14.1 Å². The van der Waals surface area contributed by atoms with E-state index in [1.165, 1.54) is 32.1 Å². The van der Waals surface area contributed by atoms with Crippen molar-refractivity contribution >= 4 is 5.95 Å². The van der Waals surface area contributed by atoms with Gasteiger partial charge in [-0.05, 0) is 62.8 Å². The highest BCUT2D eigenvalue weighted by atomic mass is 15.4. The summed E-state index contributed by atoms with van der Waals surface area (Å²) in [5.74, 6) is 5.77. The van der Waals surface area contributed by atoms with Gasteiger partial charge in [0.25, 0.3) is 0 Å². The van der Waals surface area contributed by atoms with Crippen LogP contribution in [0, 0.1) is 23.7 Å². The largest absolute Gasteiger partial charge is 0.357 e. The predicted octanol–water partition coefficient (Wildman–Crippen LogP) is 2.04. The zero-order valence-electron chi connectivity index (χ0n) is 12.5. The summed E-state index contributed by atoms with van der Waals surface area (Å²) in [5, 5.41) is 15.2. The van der Waals surface area contributed by atoms with Gasteiger partial charge in [-0.15, -0.1) is 10.2 Å². The number of aromatic nitrogens is 3. The SMILES string of the molecule is CNCc1nnc(NC)n1C1C2CC3CC(C2)CC1C3. The molecule has 0 radical (unpaired) electrons. The van der Waals surface area contributed by atoms with Crippen molar-refractivity contribution in [3.8, 4) is 0 Å². The minimum Gasteiger partial charge on any atom is -0.357 e. The van der Waals surface area contributed by atoms with Crippen molar-refractivity contribution < 1.29 is 0 Å². The summed E-state index contributed by atoms with van der Waals surface area (Å²) in [7, 11) is 3.94. The van der Waals surface area contributed by atoms with Crippen LogP contribution in [0.2, 0.25) is 0 Å². The van der Waals surface area contributed by atoms with E-state index in [2.05, 4.69) is 25.4 Å². The predicted molar refractivity (Wildman–Crippen MR) is 78.4 cm³/mol. The quantitative estimate of drug-likeness (QED) is 0.883. The van der Waals surface area contributed by atoms with Crippen LogP contribution in [0.3, 0.4) is 0 Å². The zero-order chi connectivity index (χ0) is 13.7. The van der Waals surface area contributed by atoms with E-state index in [4.69, 9.17) is 0 Å². The molecule has 1 aromatic heterocycles. The molecule has 4 aliphatic rings. The smallest absolute Gasteiger partial charge is 0.224 e. The molecule has 1 heterocycles. The van der Waals surface area contributed by atoms with Crippen molar-refractivity contribution in [3.63, 3.8) is 0 Å². The Morgan fingerprint density at radius 2 is 1.65 bits per heavy atom. The number of anilines is 1. The average Bonchev–Trinajstić information content (AvgIpc) is 2.81. The fourth-order valence-corrected chi connectivity index (χ4v) is 5.40. The number of nitrogens with zero attached hydrogens (tertiary/aromatic N) is 3. The number of rotatable bonds is 4. The topological polar surface area (TPSA) is 54.8 Å². The van der Waals surface area contributed by atoms with E-state index in [-0.39, 0.29) is 0 Å². The highest BCUT2D eigenvalue weighted by Gasteiger charge is 2.49. The lowest BCUT2D eigenvalue weighted by molar-refractivity contribution is -0.0295. The summed E-state index contributed by atoms with van der Waals surface area (Å²) in [4.78, 5) is 0. The number of hydrogen-bond donors (Lipinski definition) is 2. The highest BCUT2D eigenvalue weighted by Crippen LogP contribution is 2.58. The normalized spacial score (nSPS) is 38.4. The van der Waals surface area contributed by atoms with Gasteiger partial charge in [-0.25, -0.2) is 0 Å². The van der Waals surface area contributed by atoms with Gasteiger partial charge in [0.1, 0.15) is 5.82 Å². The first kappa shape index (κ1) is 12.6. The molecule has 1 aromatic rings. The molecular weight excluding hydrogens is 250 g/mol. The van der Waals surface area contributed by atoms with Gasteiger partial charge >= 0.3 is 0 Å². The molecule has 110 valence electrons. The van der Waals surface area contributed by atoms with E-state index < -0.39 is 0 Å². The minimum atomic E-state index is 0.628. The van der Waals surface area contributed by atoms with Crippen LogP contribution >= 0.6 is 0 Å². The molecule has 4 fully saturated rings. The van der Waals surface area contributed by atoms with Crippen molar-refractivity contribution in [1.82, 2.24) is 20.1 Å². The molecule has 0 spiro atoms. The lowest BCUT2D eigenvalue weighted by atomic mass is 9.54. The van der Waals surface area contributed by atoms with Crippen LogP contribution in [0.4, 0.5) is 5.95 Å². The summed E-state index contributed by atoms with van der Waals surface area (Å²) in [6.45, 7) is 0.803. The Labute approximate surface area is 120 Å². The molecule has 2 N–H and O–H groups in total. The first-order valence-electron chi connectivity index (χ1n) is 8.06. The fraction of sp³-hybridized carbons (Fsp3) is 0.867. The Morgan fingerprint density at radius 1 is 1.00 bits per heavy atom. The van der Waals surface area contributed by atoms with Gasteiger partial charge < -0.3 is 10.6 Å². The van der Waals surface area contributed by atoms with Crippen LogP contribution < -0.4 is 10.6 Å². The van der Waals surface area contributed by atoms with Gasteiger partial charge in [-0.1, -0.05) is 0 Å². The minimum absolute atomic E-state index is 0.628. The first-order valence-corrected chi connectivity index (χ1v) is 8.06. The Balaban J connectivity index is 1.71. The van der Waals surface area contributed by atoms with Gasteiger partial charge in [-0.3, -0.25) is 4.57 Å². The Kier molecular flexibility index (Phi) is 2.98. The van der Waals surface area contributed by atoms with Crippen LogP contribution in [0.1, 0.15) is 44.0 Å². The van der Waals surface area contributed by atoms with Gasteiger partial charge in [0.2, 0.25) is 5.95 Å². The third kappa shape index (κ3) is 1.79. The van der Waals surface area contributed by atoms with Gasteiger partial charge in [0.05, 0.1) is 6.54 Å². The maximum absolute atomic E-state index is 4.40. The van der Waals surface area contributed by atoms with Crippen molar-refractivity contribution in [3.05, 3.63) is 5.82 Å². The van der Waals surface area contributed by atoms with Crippen molar-refractivity contribution in [2.75, 3.05) is 19.4 Å². The summed E-state index contributed by atoms with van der Waals surface area (Å²) >= 11 is 0. The molecule has 0 saturated heterocycles. The van der Waals surface area contributed by atoms with Gasteiger partial charge in [-0.2, -0.15) is 0 Å². The molecule has 5 nitrogen and oxygen atoms in total. The second-order valence-corrected chi connectivity index (χ2v) is 7.01. The van der Waals surface area contributed by atoms with Crippen LogP contribution in [-0.4, -0.2) is 28.9 Å². The number of hydrogen-bond acceptors (Lipinski definition) is 4. The van der Waals surface area contributed by atoms with Crippen LogP contribution in [0.15, 0.2) is 0 Å².